The van der Waals surface area contributed by atoms with Gasteiger partial charge in [0, 0.05) is 16.1 Å². The van der Waals surface area contributed by atoms with Crippen molar-refractivity contribution in [2.45, 2.75) is 19.4 Å². The third kappa shape index (κ3) is 4.11. The Morgan fingerprint density at radius 3 is 2.50 bits per heavy atom. The second kappa shape index (κ2) is 9.20. The number of nitrogens with zero attached hydrogens (tertiary/aromatic N) is 1. The van der Waals surface area contributed by atoms with Crippen LogP contribution in [0.2, 0.25) is 0 Å². The molecule has 5 rings (SSSR count). The van der Waals surface area contributed by atoms with E-state index in [9.17, 15) is 5.26 Å². The van der Waals surface area contributed by atoms with Crippen molar-refractivity contribution < 1.29 is 23.7 Å². The minimum Gasteiger partial charge on any atom is -0.490 e. The number of hydrogen-bond acceptors (Lipinski definition) is 7. The van der Waals surface area contributed by atoms with Crippen LogP contribution in [0.25, 0.3) is 0 Å². The molecule has 0 bridgehead atoms. The fourth-order valence-corrected chi connectivity index (χ4v) is 4.29. The summed E-state index contributed by atoms with van der Waals surface area (Å²) in [5.74, 6) is 2.51. The molecular formula is C26H21BrN2O5. The van der Waals surface area contributed by atoms with Gasteiger partial charge < -0.3 is 29.4 Å². The predicted octanol–water partition coefficient (Wildman–Crippen LogP) is 5.37. The summed E-state index contributed by atoms with van der Waals surface area (Å²) in [5, 5.41) is 9.89. The summed E-state index contributed by atoms with van der Waals surface area (Å²) in [6.45, 7) is 2.90. The average molecular weight is 521 g/mol. The first-order chi connectivity index (χ1) is 16.6. The number of benzene rings is 3. The average Bonchev–Trinajstić information content (AvgIpc) is 3.29. The lowest BCUT2D eigenvalue weighted by molar-refractivity contribution is 0.174. The molecule has 0 spiro atoms. The number of halogens is 1. The molecule has 7 nitrogen and oxygen atoms in total. The lowest BCUT2D eigenvalue weighted by Crippen LogP contribution is -2.21. The standard InChI is InChI=1S/C26H21BrN2O5/c1-2-30-22-9-16(5-8-20(22)31-13-15-3-6-17(27)7-4-15)25-18-10-23-24(33-14-32-23)11-21(18)34-26(29)19(25)12-28/h3-11,25H,2,13-14,29H2,1H3/t25-/m0/s1. The number of nitrogens with two attached hydrogens (primary N) is 1. The Morgan fingerprint density at radius 2 is 1.76 bits per heavy atom. The van der Waals surface area contributed by atoms with E-state index < -0.39 is 5.92 Å². The van der Waals surface area contributed by atoms with Crippen LogP contribution in [0.5, 0.6) is 28.7 Å². The van der Waals surface area contributed by atoms with E-state index in [1.807, 2.05) is 55.5 Å². The second-order valence-corrected chi connectivity index (χ2v) is 8.64. The molecule has 172 valence electrons. The first-order valence-electron chi connectivity index (χ1n) is 10.7. The molecule has 0 aliphatic carbocycles. The van der Waals surface area contributed by atoms with E-state index in [4.69, 9.17) is 29.4 Å². The topological polar surface area (TPSA) is 96.0 Å². The van der Waals surface area contributed by atoms with Crippen molar-refractivity contribution in [3.8, 4) is 34.8 Å². The van der Waals surface area contributed by atoms with Gasteiger partial charge in [0.05, 0.1) is 12.5 Å². The van der Waals surface area contributed by atoms with Crippen LogP contribution in [0.3, 0.4) is 0 Å². The van der Waals surface area contributed by atoms with Crippen LogP contribution in [0.15, 0.2) is 70.5 Å². The normalized spacial score (nSPS) is 15.9. The van der Waals surface area contributed by atoms with Gasteiger partial charge in [0.15, 0.2) is 23.0 Å². The molecule has 0 saturated carbocycles. The SMILES string of the molecule is CCOc1cc([C@@H]2C(C#N)=C(N)Oc3cc4c(cc32)OCO4)ccc1OCc1ccc(Br)cc1. The van der Waals surface area contributed by atoms with Crippen LogP contribution in [0.4, 0.5) is 0 Å². The van der Waals surface area contributed by atoms with Crippen molar-refractivity contribution in [1.29, 1.82) is 5.26 Å². The van der Waals surface area contributed by atoms with E-state index in [0.29, 0.717) is 47.5 Å². The lowest BCUT2D eigenvalue weighted by Gasteiger charge is -2.27. The number of nitriles is 1. The Labute approximate surface area is 205 Å². The van der Waals surface area contributed by atoms with Crippen LogP contribution in [-0.2, 0) is 6.61 Å². The van der Waals surface area contributed by atoms with E-state index in [1.165, 1.54) is 0 Å². The van der Waals surface area contributed by atoms with Crippen LogP contribution in [0, 0.1) is 11.3 Å². The smallest absolute Gasteiger partial charge is 0.231 e. The van der Waals surface area contributed by atoms with Gasteiger partial charge in [-0.25, -0.2) is 0 Å². The zero-order valence-electron chi connectivity index (χ0n) is 18.3. The first-order valence-corrected chi connectivity index (χ1v) is 11.5. The van der Waals surface area contributed by atoms with Gasteiger partial charge in [0.25, 0.3) is 0 Å². The molecule has 0 amide bonds. The Kier molecular flexibility index (Phi) is 5.95. The van der Waals surface area contributed by atoms with Gasteiger partial charge in [0.2, 0.25) is 12.7 Å². The maximum Gasteiger partial charge on any atom is 0.231 e. The molecule has 0 aromatic heterocycles. The van der Waals surface area contributed by atoms with Gasteiger partial charge in [-0.3, -0.25) is 0 Å². The molecule has 0 unspecified atom stereocenters. The van der Waals surface area contributed by atoms with E-state index >= 15 is 0 Å². The lowest BCUT2D eigenvalue weighted by atomic mass is 9.83. The maximum atomic E-state index is 9.89. The molecule has 0 fully saturated rings. The van der Waals surface area contributed by atoms with E-state index in [2.05, 4.69) is 22.0 Å². The molecule has 0 radical (unpaired) electrons. The van der Waals surface area contributed by atoms with E-state index in [1.54, 1.807) is 6.07 Å². The quantitative estimate of drug-likeness (QED) is 0.466. The summed E-state index contributed by atoms with van der Waals surface area (Å²) in [5.41, 5.74) is 9.07. The van der Waals surface area contributed by atoms with Gasteiger partial charge in [-0.05, 0) is 48.4 Å². The van der Waals surface area contributed by atoms with Crippen molar-refractivity contribution >= 4 is 15.9 Å². The Balaban J connectivity index is 1.52. The molecule has 8 heteroatoms. The fraction of sp³-hybridized carbons (Fsp3) is 0.192. The molecule has 34 heavy (non-hydrogen) atoms. The highest BCUT2D eigenvalue weighted by atomic mass is 79.9. The summed E-state index contributed by atoms with van der Waals surface area (Å²) in [6.07, 6.45) is 0. The monoisotopic (exact) mass is 520 g/mol. The largest absolute Gasteiger partial charge is 0.490 e. The van der Waals surface area contributed by atoms with Crippen molar-refractivity contribution in [2.75, 3.05) is 13.4 Å². The highest BCUT2D eigenvalue weighted by Crippen LogP contribution is 2.48. The Morgan fingerprint density at radius 1 is 1.00 bits per heavy atom. The maximum absolute atomic E-state index is 9.89. The van der Waals surface area contributed by atoms with Gasteiger partial charge in [-0.1, -0.05) is 34.1 Å². The molecule has 2 heterocycles. The summed E-state index contributed by atoms with van der Waals surface area (Å²) in [7, 11) is 0. The van der Waals surface area contributed by atoms with Crippen LogP contribution >= 0.6 is 15.9 Å². The molecular weight excluding hydrogens is 500 g/mol. The molecule has 1 atom stereocenters. The van der Waals surface area contributed by atoms with Crippen LogP contribution in [-0.4, -0.2) is 13.4 Å². The number of allylic oxidation sites excluding steroid dienone is 1. The molecule has 3 aromatic carbocycles. The number of ether oxygens (including phenoxy) is 5. The number of hydrogen-bond donors (Lipinski definition) is 1. The zero-order chi connectivity index (χ0) is 23.7. The van der Waals surface area contributed by atoms with Crippen molar-refractivity contribution in [1.82, 2.24) is 0 Å². The number of fused-ring (bicyclic) bond motifs is 2. The molecule has 2 aliphatic heterocycles. The van der Waals surface area contributed by atoms with E-state index in [-0.39, 0.29) is 12.7 Å². The van der Waals surface area contributed by atoms with Crippen molar-refractivity contribution in [3.05, 3.63) is 87.2 Å². The van der Waals surface area contributed by atoms with Gasteiger partial charge >= 0.3 is 0 Å². The van der Waals surface area contributed by atoms with Gasteiger partial charge in [0.1, 0.15) is 24.0 Å². The molecule has 3 aromatic rings. The Hall–Kier alpha value is -3.83. The van der Waals surface area contributed by atoms with Crippen LogP contribution in [0.1, 0.15) is 29.5 Å². The number of rotatable bonds is 6. The molecule has 2 N–H and O–H groups in total. The highest BCUT2D eigenvalue weighted by Gasteiger charge is 2.33. The zero-order valence-corrected chi connectivity index (χ0v) is 19.9. The highest BCUT2D eigenvalue weighted by molar-refractivity contribution is 9.10. The summed E-state index contributed by atoms with van der Waals surface area (Å²) < 4.78 is 29.7. The minimum atomic E-state index is -0.456. The summed E-state index contributed by atoms with van der Waals surface area (Å²) in [6, 6.07) is 19.4. The van der Waals surface area contributed by atoms with Crippen molar-refractivity contribution in [3.63, 3.8) is 0 Å². The fourth-order valence-electron chi connectivity index (χ4n) is 4.02. The van der Waals surface area contributed by atoms with Gasteiger partial charge in [-0.15, -0.1) is 0 Å². The predicted molar refractivity (Wildman–Crippen MR) is 128 cm³/mol. The van der Waals surface area contributed by atoms with Gasteiger partial charge in [-0.2, -0.15) is 5.26 Å². The molecule has 0 saturated heterocycles. The third-order valence-electron chi connectivity index (χ3n) is 5.62. The molecule has 2 aliphatic rings. The third-order valence-corrected chi connectivity index (χ3v) is 6.15. The Bertz CT molecular complexity index is 1310. The van der Waals surface area contributed by atoms with E-state index in [0.717, 1.165) is 21.2 Å². The summed E-state index contributed by atoms with van der Waals surface area (Å²) in [4.78, 5) is 0. The first kappa shape index (κ1) is 22.0. The minimum absolute atomic E-state index is 0.0624. The van der Waals surface area contributed by atoms with Crippen LogP contribution < -0.4 is 29.4 Å². The van der Waals surface area contributed by atoms with Crippen molar-refractivity contribution in [2.24, 2.45) is 5.73 Å². The summed E-state index contributed by atoms with van der Waals surface area (Å²) >= 11 is 3.44. The second-order valence-electron chi connectivity index (χ2n) is 7.72.